The zero-order valence-corrected chi connectivity index (χ0v) is 10.2. The number of hydrogen-bond donors (Lipinski definition) is 1. The van der Waals surface area contributed by atoms with Crippen LogP contribution in [-0.2, 0) is 6.42 Å². The Kier molecular flexibility index (Phi) is 2.83. The lowest BCUT2D eigenvalue weighted by molar-refractivity contribution is 0.0734. The van der Waals surface area contributed by atoms with Crippen LogP contribution in [0.5, 0.6) is 5.75 Å². The summed E-state index contributed by atoms with van der Waals surface area (Å²) >= 11 is 0. The van der Waals surface area contributed by atoms with Crippen LogP contribution in [0.2, 0.25) is 0 Å². The van der Waals surface area contributed by atoms with Gasteiger partial charge in [0.15, 0.2) is 0 Å². The van der Waals surface area contributed by atoms with Crippen LogP contribution in [0.15, 0.2) is 24.3 Å². The van der Waals surface area contributed by atoms with Gasteiger partial charge in [0.05, 0.1) is 0 Å². The minimum atomic E-state index is 0.146. The van der Waals surface area contributed by atoms with E-state index in [2.05, 4.69) is 18.2 Å². The highest BCUT2D eigenvalue weighted by molar-refractivity contribution is 5.37. The van der Waals surface area contributed by atoms with E-state index in [9.17, 15) is 5.11 Å². The molecule has 2 nitrogen and oxygen atoms in total. The molecule has 0 aromatic heterocycles. The zero-order valence-electron chi connectivity index (χ0n) is 10.2. The van der Waals surface area contributed by atoms with E-state index in [0.717, 1.165) is 18.6 Å². The molecule has 1 aliphatic heterocycles. The first-order valence-electron chi connectivity index (χ1n) is 6.67. The molecule has 92 valence electrons. The van der Waals surface area contributed by atoms with E-state index >= 15 is 0 Å². The van der Waals surface area contributed by atoms with Crippen LogP contribution in [0, 0.1) is 5.41 Å². The highest BCUT2D eigenvalue weighted by Gasteiger charge is 2.37. The SMILES string of the molecule is OCC1(CC2Cc3ccccc3O2)CCCC1. The van der Waals surface area contributed by atoms with Crippen LogP contribution in [0.25, 0.3) is 0 Å². The molecule has 1 fully saturated rings. The summed E-state index contributed by atoms with van der Waals surface area (Å²) in [7, 11) is 0. The standard InChI is InChI=1S/C15H20O2/c16-11-15(7-3-4-8-15)10-13-9-12-5-1-2-6-14(12)17-13/h1-2,5-6,13,16H,3-4,7-11H2. The fourth-order valence-corrected chi connectivity index (χ4v) is 3.40. The molecule has 1 saturated carbocycles. The molecule has 0 amide bonds. The van der Waals surface area contributed by atoms with E-state index in [-0.39, 0.29) is 11.5 Å². The van der Waals surface area contributed by atoms with E-state index in [1.807, 2.05) is 6.07 Å². The van der Waals surface area contributed by atoms with Crippen LogP contribution < -0.4 is 4.74 Å². The van der Waals surface area contributed by atoms with Crippen molar-refractivity contribution in [3.05, 3.63) is 29.8 Å². The number of benzene rings is 1. The molecule has 0 radical (unpaired) electrons. The zero-order chi connectivity index (χ0) is 11.7. The number of ether oxygens (including phenoxy) is 1. The van der Waals surface area contributed by atoms with Crippen LogP contribution in [0.4, 0.5) is 0 Å². The minimum Gasteiger partial charge on any atom is -0.490 e. The molecule has 2 heteroatoms. The van der Waals surface area contributed by atoms with Gasteiger partial charge in [-0.15, -0.1) is 0 Å². The first-order valence-corrected chi connectivity index (χ1v) is 6.67. The molecule has 1 N–H and O–H groups in total. The molecule has 3 rings (SSSR count). The fraction of sp³-hybridized carbons (Fsp3) is 0.600. The molecule has 0 bridgehead atoms. The van der Waals surface area contributed by atoms with Gasteiger partial charge in [-0.2, -0.15) is 0 Å². The maximum Gasteiger partial charge on any atom is 0.123 e. The summed E-state index contributed by atoms with van der Waals surface area (Å²) in [6.45, 7) is 0.323. The van der Waals surface area contributed by atoms with Gasteiger partial charge in [0, 0.05) is 13.0 Å². The monoisotopic (exact) mass is 232 g/mol. The van der Waals surface area contributed by atoms with Crippen molar-refractivity contribution < 1.29 is 9.84 Å². The third kappa shape index (κ3) is 2.06. The molecule has 1 aromatic carbocycles. The second kappa shape index (κ2) is 4.34. The summed E-state index contributed by atoms with van der Waals surface area (Å²) in [6.07, 6.45) is 7.16. The summed E-state index contributed by atoms with van der Waals surface area (Å²) in [5.74, 6) is 1.04. The van der Waals surface area contributed by atoms with Gasteiger partial charge in [-0.1, -0.05) is 31.0 Å². The molecule has 1 aliphatic carbocycles. The third-order valence-electron chi connectivity index (χ3n) is 4.37. The van der Waals surface area contributed by atoms with Gasteiger partial charge >= 0.3 is 0 Å². The Morgan fingerprint density at radius 3 is 2.71 bits per heavy atom. The first kappa shape index (κ1) is 11.1. The Morgan fingerprint density at radius 2 is 2.00 bits per heavy atom. The van der Waals surface area contributed by atoms with E-state index in [4.69, 9.17) is 4.74 Å². The van der Waals surface area contributed by atoms with E-state index in [1.165, 1.54) is 31.2 Å². The second-order valence-electron chi connectivity index (χ2n) is 5.62. The van der Waals surface area contributed by atoms with E-state index < -0.39 is 0 Å². The van der Waals surface area contributed by atoms with Gasteiger partial charge in [-0.05, 0) is 36.3 Å². The quantitative estimate of drug-likeness (QED) is 0.868. The molecule has 1 unspecified atom stereocenters. The highest BCUT2D eigenvalue weighted by atomic mass is 16.5. The highest BCUT2D eigenvalue weighted by Crippen LogP contribution is 2.44. The molecule has 2 aliphatic rings. The van der Waals surface area contributed by atoms with Crippen molar-refractivity contribution in [2.24, 2.45) is 5.41 Å². The topological polar surface area (TPSA) is 29.5 Å². The van der Waals surface area contributed by atoms with Crippen LogP contribution in [0.1, 0.15) is 37.7 Å². The predicted octanol–water partition coefficient (Wildman–Crippen LogP) is 2.93. The normalized spacial score (nSPS) is 25.6. The lowest BCUT2D eigenvalue weighted by atomic mass is 9.81. The van der Waals surface area contributed by atoms with E-state index in [0.29, 0.717) is 6.61 Å². The van der Waals surface area contributed by atoms with Gasteiger partial charge < -0.3 is 9.84 Å². The van der Waals surface area contributed by atoms with Crippen LogP contribution in [-0.4, -0.2) is 17.8 Å². The molecule has 1 atom stereocenters. The number of rotatable bonds is 3. The van der Waals surface area contributed by atoms with Crippen molar-refractivity contribution in [1.29, 1.82) is 0 Å². The van der Waals surface area contributed by atoms with Crippen LogP contribution >= 0.6 is 0 Å². The molecule has 0 spiro atoms. The molecule has 1 aromatic rings. The van der Waals surface area contributed by atoms with Gasteiger partial charge in [0.1, 0.15) is 11.9 Å². The van der Waals surface area contributed by atoms with Crippen molar-refractivity contribution in [3.8, 4) is 5.75 Å². The Hall–Kier alpha value is -1.02. The van der Waals surface area contributed by atoms with Gasteiger partial charge in [-0.3, -0.25) is 0 Å². The second-order valence-corrected chi connectivity index (χ2v) is 5.62. The van der Waals surface area contributed by atoms with Crippen molar-refractivity contribution in [3.63, 3.8) is 0 Å². The lowest BCUT2D eigenvalue weighted by Crippen LogP contribution is -2.29. The largest absolute Gasteiger partial charge is 0.490 e. The Balaban J connectivity index is 1.69. The maximum absolute atomic E-state index is 9.64. The average molecular weight is 232 g/mol. The Labute approximate surface area is 103 Å². The van der Waals surface area contributed by atoms with Crippen LogP contribution in [0.3, 0.4) is 0 Å². The summed E-state index contributed by atoms with van der Waals surface area (Å²) < 4.78 is 5.98. The number of aliphatic hydroxyl groups excluding tert-OH is 1. The van der Waals surface area contributed by atoms with Gasteiger partial charge in [0.25, 0.3) is 0 Å². The number of hydrogen-bond acceptors (Lipinski definition) is 2. The summed E-state index contributed by atoms with van der Waals surface area (Å²) in [5, 5.41) is 9.64. The smallest absolute Gasteiger partial charge is 0.123 e. The Morgan fingerprint density at radius 1 is 1.24 bits per heavy atom. The summed E-state index contributed by atoms with van der Waals surface area (Å²) in [4.78, 5) is 0. The lowest BCUT2D eigenvalue weighted by Gasteiger charge is -2.29. The third-order valence-corrected chi connectivity index (χ3v) is 4.37. The van der Waals surface area contributed by atoms with Crippen molar-refractivity contribution in [2.45, 2.75) is 44.6 Å². The van der Waals surface area contributed by atoms with Gasteiger partial charge in [0.2, 0.25) is 0 Å². The molecule has 1 heterocycles. The maximum atomic E-state index is 9.64. The molecule has 17 heavy (non-hydrogen) atoms. The van der Waals surface area contributed by atoms with Crippen molar-refractivity contribution in [2.75, 3.05) is 6.61 Å². The number of fused-ring (bicyclic) bond motifs is 1. The summed E-state index contributed by atoms with van der Waals surface area (Å²) in [6, 6.07) is 8.30. The predicted molar refractivity (Wildman–Crippen MR) is 67.2 cm³/mol. The Bertz CT molecular complexity index is 369. The minimum absolute atomic E-state index is 0.146. The van der Waals surface area contributed by atoms with Gasteiger partial charge in [-0.25, -0.2) is 0 Å². The molecular weight excluding hydrogens is 212 g/mol. The number of para-hydroxylation sites is 1. The average Bonchev–Trinajstić information content (AvgIpc) is 2.95. The summed E-state index contributed by atoms with van der Waals surface area (Å²) in [5.41, 5.74) is 1.47. The van der Waals surface area contributed by atoms with Crippen molar-refractivity contribution >= 4 is 0 Å². The first-order chi connectivity index (χ1) is 8.31. The fourth-order valence-electron chi connectivity index (χ4n) is 3.40. The number of aliphatic hydroxyl groups is 1. The van der Waals surface area contributed by atoms with Crippen molar-refractivity contribution in [1.82, 2.24) is 0 Å². The molecule has 0 saturated heterocycles. The molecular formula is C15H20O2. The van der Waals surface area contributed by atoms with E-state index in [1.54, 1.807) is 0 Å².